The van der Waals surface area contributed by atoms with Crippen molar-refractivity contribution < 1.29 is 9.53 Å². The van der Waals surface area contributed by atoms with Crippen LogP contribution in [-0.4, -0.2) is 30.8 Å². The molecule has 2 N–H and O–H groups in total. The van der Waals surface area contributed by atoms with Crippen molar-refractivity contribution in [3.63, 3.8) is 0 Å². The maximum Gasteiger partial charge on any atom is 0.407 e. The van der Waals surface area contributed by atoms with Gasteiger partial charge in [0.1, 0.15) is 5.60 Å². The fourth-order valence-corrected chi connectivity index (χ4v) is 2.20. The number of nitrogens with one attached hydrogen (secondary N) is 2. The largest absolute Gasteiger partial charge is 0.444 e. The molecule has 0 bridgehead atoms. The van der Waals surface area contributed by atoms with Gasteiger partial charge in [-0.2, -0.15) is 0 Å². The van der Waals surface area contributed by atoms with Crippen LogP contribution in [0, 0.1) is 11.3 Å². The number of rotatable bonds is 1. The summed E-state index contributed by atoms with van der Waals surface area (Å²) in [4.78, 5) is 11.7. The molecule has 100 valence electrons. The van der Waals surface area contributed by atoms with Gasteiger partial charge in [0, 0.05) is 19.1 Å². The molecule has 0 aliphatic carbocycles. The van der Waals surface area contributed by atoms with Gasteiger partial charge in [-0.3, -0.25) is 0 Å². The predicted octanol–water partition coefficient (Wildman–Crippen LogP) is 2.15. The number of alkyl carbamates (subject to hydrolysis) is 1. The predicted molar refractivity (Wildman–Crippen MR) is 69.0 cm³/mol. The molecule has 0 unspecified atom stereocenters. The SMILES string of the molecule is CC(C)(C)OC(=O)N[C@H]1CNC[C@H]1C(C)(C)C. The molecule has 1 heterocycles. The number of carbonyl (C=O) groups excluding carboxylic acids is 1. The molecule has 2 atom stereocenters. The van der Waals surface area contributed by atoms with Gasteiger partial charge < -0.3 is 15.4 Å². The summed E-state index contributed by atoms with van der Waals surface area (Å²) in [6.07, 6.45) is -0.319. The number of hydrogen-bond donors (Lipinski definition) is 2. The molecule has 0 aromatic carbocycles. The molecule has 1 saturated heterocycles. The van der Waals surface area contributed by atoms with Crippen molar-refractivity contribution in [2.24, 2.45) is 11.3 Å². The number of hydrogen-bond acceptors (Lipinski definition) is 3. The smallest absolute Gasteiger partial charge is 0.407 e. The van der Waals surface area contributed by atoms with E-state index < -0.39 is 5.60 Å². The molecule has 1 aliphatic heterocycles. The van der Waals surface area contributed by atoms with Crippen LogP contribution in [0.4, 0.5) is 4.79 Å². The van der Waals surface area contributed by atoms with Crippen LogP contribution in [0.15, 0.2) is 0 Å². The maximum absolute atomic E-state index is 11.7. The average Bonchev–Trinajstić information content (AvgIpc) is 2.46. The monoisotopic (exact) mass is 242 g/mol. The summed E-state index contributed by atoms with van der Waals surface area (Å²) in [6, 6.07) is 0.157. The lowest BCUT2D eigenvalue weighted by Gasteiger charge is -2.32. The highest BCUT2D eigenvalue weighted by Gasteiger charge is 2.37. The summed E-state index contributed by atoms with van der Waals surface area (Å²) in [6.45, 7) is 14.0. The first-order valence-corrected chi connectivity index (χ1v) is 6.30. The third-order valence-electron chi connectivity index (χ3n) is 3.03. The van der Waals surface area contributed by atoms with Crippen LogP contribution in [0.5, 0.6) is 0 Å². The molecular formula is C13H26N2O2. The maximum atomic E-state index is 11.7. The Bertz CT molecular complexity index is 276. The first-order valence-electron chi connectivity index (χ1n) is 6.30. The zero-order valence-electron chi connectivity index (χ0n) is 11.9. The highest BCUT2D eigenvalue weighted by atomic mass is 16.6. The highest BCUT2D eigenvalue weighted by molar-refractivity contribution is 5.68. The molecule has 1 aliphatic rings. The second-order valence-corrected chi connectivity index (χ2v) is 6.88. The number of amides is 1. The molecule has 1 amide bonds. The van der Waals surface area contributed by atoms with Crippen LogP contribution in [-0.2, 0) is 4.74 Å². The van der Waals surface area contributed by atoms with Crippen molar-refractivity contribution in [3.8, 4) is 0 Å². The molecule has 0 radical (unpaired) electrons. The number of ether oxygens (including phenoxy) is 1. The van der Waals surface area contributed by atoms with Gasteiger partial charge >= 0.3 is 6.09 Å². The van der Waals surface area contributed by atoms with Crippen molar-refractivity contribution >= 4 is 6.09 Å². The second-order valence-electron chi connectivity index (χ2n) is 6.88. The third kappa shape index (κ3) is 4.54. The van der Waals surface area contributed by atoms with Crippen LogP contribution in [0.3, 0.4) is 0 Å². The van der Waals surface area contributed by atoms with Gasteiger partial charge in [-0.05, 0) is 32.1 Å². The van der Waals surface area contributed by atoms with Gasteiger partial charge in [0.25, 0.3) is 0 Å². The van der Waals surface area contributed by atoms with Gasteiger partial charge in [-0.25, -0.2) is 4.79 Å². The second kappa shape index (κ2) is 4.84. The molecule has 0 saturated carbocycles. The Labute approximate surface area is 104 Å². The average molecular weight is 242 g/mol. The molecule has 1 fully saturated rings. The number of carbonyl (C=O) groups is 1. The Morgan fingerprint density at radius 1 is 1.18 bits per heavy atom. The van der Waals surface area contributed by atoms with Gasteiger partial charge in [0.2, 0.25) is 0 Å². The van der Waals surface area contributed by atoms with Crippen LogP contribution >= 0.6 is 0 Å². The summed E-state index contributed by atoms with van der Waals surface area (Å²) in [7, 11) is 0. The Kier molecular flexibility index (Phi) is 4.07. The summed E-state index contributed by atoms with van der Waals surface area (Å²) in [5, 5.41) is 6.30. The molecular weight excluding hydrogens is 216 g/mol. The van der Waals surface area contributed by atoms with E-state index in [1.54, 1.807) is 0 Å². The molecule has 0 spiro atoms. The van der Waals surface area contributed by atoms with E-state index in [1.165, 1.54) is 0 Å². The van der Waals surface area contributed by atoms with Crippen molar-refractivity contribution in [3.05, 3.63) is 0 Å². The van der Waals surface area contributed by atoms with Crippen molar-refractivity contribution in [2.75, 3.05) is 13.1 Å². The Hall–Kier alpha value is -0.770. The lowest BCUT2D eigenvalue weighted by Crippen LogP contribution is -2.46. The third-order valence-corrected chi connectivity index (χ3v) is 3.03. The molecule has 0 aromatic rings. The van der Waals surface area contributed by atoms with E-state index in [0.717, 1.165) is 13.1 Å². The molecule has 0 aromatic heterocycles. The van der Waals surface area contributed by atoms with E-state index >= 15 is 0 Å². The fraction of sp³-hybridized carbons (Fsp3) is 0.923. The van der Waals surface area contributed by atoms with Crippen molar-refractivity contribution in [1.29, 1.82) is 0 Å². The fourth-order valence-electron chi connectivity index (χ4n) is 2.20. The zero-order chi connectivity index (χ0) is 13.3. The van der Waals surface area contributed by atoms with Crippen LogP contribution < -0.4 is 10.6 Å². The molecule has 17 heavy (non-hydrogen) atoms. The standard InChI is InChI=1S/C13H26N2O2/c1-12(2,3)9-7-14-8-10(9)15-11(16)17-13(4,5)6/h9-10,14H,7-8H2,1-6H3,(H,15,16)/t9-,10+/m1/s1. The molecule has 4 heteroatoms. The lowest BCUT2D eigenvalue weighted by molar-refractivity contribution is 0.0478. The van der Waals surface area contributed by atoms with Crippen LogP contribution in [0.25, 0.3) is 0 Å². The summed E-state index contributed by atoms with van der Waals surface area (Å²) >= 11 is 0. The van der Waals surface area contributed by atoms with E-state index in [9.17, 15) is 4.79 Å². The first-order chi connectivity index (χ1) is 7.59. The normalized spacial score (nSPS) is 25.8. The van der Waals surface area contributed by atoms with Crippen LogP contribution in [0.2, 0.25) is 0 Å². The van der Waals surface area contributed by atoms with E-state index in [-0.39, 0.29) is 17.6 Å². The zero-order valence-corrected chi connectivity index (χ0v) is 11.9. The summed E-state index contributed by atoms with van der Waals surface area (Å²) in [5.41, 5.74) is -0.253. The van der Waals surface area contributed by atoms with Gasteiger partial charge in [0.05, 0.1) is 0 Å². The van der Waals surface area contributed by atoms with Gasteiger partial charge in [0.15, 0.2) is 0 Å². The highest BCUT2D eigenvalue weighted by Crippen LogP contribution is 2.30. The molecule has 4 nitrogen and oxygen atoms in total. The van der Waals surface area contributed by atoms with E-state index in [1.807, 2.05) is 20.8 Å². The first kappa shape index (κ1) is 14.3. The van der Waals surface area contributed by atoms with Gasteiger partial charge in [-0.15, -0.1) is 0 Å². The lowest BCUT2D eigenvalue weighted by atomic mass is 9.78. The van der Waals surface area contributed by atoms with E-state index in [2.05, 4.69) is 31.4 Å². The summed E-state index contributed by atoms with van der Waals surface area (Å²) < 4.78 is 5.28. The van der Waals surface area contributed by atoms with E-state index in [0.29, 0.717) is 5.92 Å². The minimum Gasteiger partial charge on any atom is -0.444 e. The van der Waals surface area contributed by atoms with Crippen molar-refractivity contribution in [1.82, 2.24) is 10.6 Å². The summed E-state index contributed by atoms with van der Waals surface area (Å²) in [5.74, 6) is 0.440. The van der Waals surface area contributed by atoms with E-state index in [4.69, 9.17) is 4.74 Å². The minimum absolute atomic E-state index is 0.157. The minimum atomic E-state index is -0.437. The van der Waals surface area contributed by atoms with Gasteiger partial charge in [-0.1, -0.05) is 20.8 Å². The Morgan fingerprint density at radius 2 is 1.76 bits per heavy atom. The Balaban J connectivity index is 2.54. The quantitative estimate of drug-likeness (QED) is 0.740. The topological polar surface area (TPSA) is 50.4 Å². The van der Waals surface area contributed by atoms with Crippen LogP contribution in [0.1, 0.15) is 41.5 Å². The van der Waals surface area contributed by atoms with Crippen molar-refractivity contribution in [2.45, 2.75) is 53.2 Å². The molecule has 1 rings (SSSR count). The Morgan fingerprint density at radius 3 is 2.24 bits per heavy atom.